The van der Waals surface area contributed by atoms with Gasteiger partial charge < -0.3 is 10.3 Å². The van der Waals surface area contributed by atoms with E-state index in [1.807, 2.05) is 19.2 Å². The Morgan fingerprint density at radius 2 is 2.35 bits per heavy atom. The first kappa shape index (κ1) is 13.8. The number of hydrogen-bond acceptors (Lipinski definition) is 3. The third kappa shape index (κ3) is 2.80. The first-order chi connectivity index (χ1) is 9.63. The number of halogens is 1. The number of pyridine rings is 1. The van der Waals surface area contributed by atoms with Crippen molar-refractivity contribution in [1.82, 2.24) is 9.55 Å². The first-order valence-corrected chi connectivity index (χ1v) is 8.22. The zero-order chi connectivity index (χ0) is 14.1. The summed E-state index contributed by atoms with van der Waals surface area (Å²) in [5.41, 5.74) is 8.26. The summed E-state index contributed by atoms with van der Waals surface area (Å²) in [6.07, 6.45) is 4.91. The standard InChI is InChI=1S/C15H16BrN3S/c1-10(17)5-11-7-19(8-13-6-12(16)9-20-13)15-14(11)3-2-4-18-15/h2-4,6-7,9-10H,5,8,17H2,1H3. The van der Waals surface area contributed by atoms with Gasteiger partial charge in [0, 0.05) is 38.6 Å². The smallest absolute Gasteiger partial charge is 0.140 e. The van der Waals surface area contributed by atoms with Crippen LogP contribution in [0.2, 0.25) is 0 Å². The van der Waals surface area contributed by atoms with E-state index in [0.29, 0.717) is 0 Å². The third-order valence-electron chi connectivity index (χ3n) is 3.21. The minimum Gasteiger partial charge on any atom is -0.328 e. The predicted octanol–water partition coefficient (Wildman–Crippen LogP) is 3.80. The van der Waals surface area contributed by atoms with Gasteiger partial charge in [-0.3, -0.25) is 0 Å². The molecule has 0 aliphatic heterocycles. The van der Waals surface area contributed by atoms with Gasteiger partial charge in [-0.15, -0.1) is 11.3 Å². The topological polar surface area (TPSA) is 43.8 Å². The Balaban J connectivity index is 2.02. The van der Waals surface area contributed by atoms with Crippen LogP contribution in [0.4, 0.5) is 0 Å². The van der Waals surface area contributed by atoms with Crippen LogP contribution in [0.25, 0.3) is 11.0 Å². The van der Waals surface area contributed by atoms with Crippen LogP contribution in [0.5, 0.6) is 0 Å². The molecular weight excluding hydrogens is 334 g/mol. The van der Waals surface area contributed by atoms with Gasteiger partial charge in [-0.2, -0.15) is 0 Å². The Bertz CT molecular complexity index is 730. The second kappa shape index (κ2) is 5.68. The minimum atomic E-state index is 0.158. The fourth-order valence-corrected chi connectivity index (χ4v) is 3.88. The van der Waals surface area contributed by atoms with Gasteiger partial charge in [-0.05, 0) is 53.0 Å². The van der Waals surface area contributed by atoms with E-state index in [1.165, 1.54) is 15.8 Å². The van der Waals surface area contributed by atoms with Crippen molar-refractivity contribution in [1.29, 1.82) is 0 Å². The van der Waals surface area contributed by atoms with E-state index >= 15 is 0 Å². The summed E-state index contributed by atoms with van der Waals surface area (Å²) in [6, 6.07) is 6.43. The van der Waals surface area contributed by atoms with Crippen molar-refractivity contribution in [2.75, 3.05) is 0 Å². The van der Waals surface area contributed by atoms with Crippen LogP contribution < -0.4 is 5.73 Å². The van der Waals surface area contributed by atoms with Crippen LogP contribution in [0.1, 0.15) is 17.4 Å². The number of nitrogens with two attached hydrogens (primary N) is 1. The summed E-state index contributed by atoms with van der Waals surface area (Å²) in [4.78, 5) is 5.84. The highest BCUT2D eigenvalue weighted by Crippen LogP contribution is 2.25. The average Bonchev–Trinajstić information content (AvgIpc) is 2.95. The highest BCUT2D eigenvalue weighted by atomic mass is 79.9. The molecule has 1 unspecified atom stereocenters. The maximum Gasteiger partial charge on any atom is 0.140 e. The number of aromatic nitrogens is 2. The Morgan fingerprint density at radius 1 is 1.50 bits per heavy atom. The van der Waals surface area contributed by atoms with E-state index in [1.54, 1.807) is 11.3 Å². The molecule has 0 saturated carbocycles. The number of thiophene rings is 1. The molecular formula is C15H16BrN3S. The molecule has 20 heavy (non-hydrogen) atoms. The van der Waals surface area contributed by atoms with E-state index < -0.39 is 0 Å². The first-order valence-electron chi connectivity index (χ1n) is 6.54. The summed E-state index contributed by atoms with van der Waals surface area (Å²) in [7, 11) is 0. The molecule has 3 aromatic rings. The molecule has 0 aliphatic rings. The van der Waals surface area contributed by atoms with E-state index in [0.717, 1.165) is 23.1 Å². The third-order valence-corrected chi connectivity index (χ3v) is 4.89. The van der Waals surface area contributed by atoms with Gasteiger partial charge in [0.1, 0.15) is 5.65 Å². The molecule has 0 spiro atoms. The Kier molecular flexibility index (Phi) is 3.92. The maximum absolute atomic E-state index is 5.95. The van der Waals surface area contributed by atoms with Gasteiger partial charge >= 0.3 is 0 Å². The second-order valence-electron chi connectivity index (χ2n) is 5.07. The zero-order valence-electron chi connectivity index (χ0n) is 11.2. The summed E-state index contributed by atoms with van der Waals surface area (Å²) < 4.78 is 3.35. The van der Waals surface area contributed by atoms with Crippen LogP contribution in [0.15, 0.2) is 40.4 Å². The average molecular weight is 350 g/mol. The molecule has 0 aromatic carbocycles. The Morgan fingerprint density at radius 3 is 3.05 bits per heavy atom. The Labute approximate surface area is 130 Å². The highest BCUT2D eigenvalue weighted by molar-refractivity contribution is 9.10. The van der Waals surface area contributed by atoms with Gasteiger partial charge in [0.15, 0.2) is 0 Å². The molecule has 104 valence electrons. The molecule has 3 nitrogen and oxygen atoms in total. The largest absolute Gasteiger partial charge is 0.328 e. The van der Waals surface area contributed by atoms with Crippen molar-refractivity contribution in [3.05, 3.63) is 50.9 Å². The molecule has 3 heterocycles. The molecule has 0 aliphatic carbocycles. The SMILES string of the molecule is CC(N)Cc1cn(Cc2cc(Br)cs2)c2ncccc12. The van der Waals surface area contributed by atoms with Crippen LogP contribution in [-0.4, -0.2) is 15.6 Å². The normalized spacial score (nSPS) is 12.9. The lowest BCUT2D eigenvalue weighted by Crippen LogP contribution is -2.17. The summed E-state index contributed by atoms with van der Waals surface area (Å²) in [5, 5.41) is 3.32. The van der Waals surface area contributed by atoms with Crippen molar-refractivity contribution in [2.24, 2.45) is 5.73 Å². The van der Waals surface area contributed by atoms with Gasteiger partial charge in [-0.25, -0.2) is 4.98 Å². The predicted molar refractivity (Wildman–Crippen MR) is 88.2 cm³/mol. The number of hydrogen-bond donors (Lipinski definition) is 1. The van der Waals surface area contributed by atoms with E-state index in [9.17, 15) is 0 Å². The highest BCUT2D eigenvalue weighted by Gasteiger charge is 2.11. The van der Waals surface area contributed by atoms with Crippen molar-refractivity contribution in [3.8, 4) is 0 Å². The van der Waals surface area contributed by atoms with Gasteiger partial charge in [0.05, 0.1) is 6.54 Å². The number of fused-ring (bicyclic) bond motifs is 1. The van der Waals surface area contributed by atoms with Gasteiger partial charge in [0.25, 0.3) is 0 Å². The Hall–Kier alpha value is -1.17. The molecule has 2 N–H and O–H groups in total. The molecule has 0 amide bonds. The van der Waals surface area contributed by atoms with Crippen LogP contribution in [0.3, 0.4) is 0 Å². The lowest BCUT2D eigenvalue weighted by molar-refractivity contribution is 0.735. The molecule has 0 saturated heterocycles. The molecule has 3 aromatic heterocycles. The summed E-state index contributed by atoms with van der Waals surface area (Å²) in [5.74, 6) is 0. The monoisotopic (exact) mass is 349 g/mol. The lowest BCUT2D eigenvalue weighted by atomic mass is 10.1. The summed E-state index contributed by atoms with van der Waals surface area (Å²) >= 11 is 5.26. The molecule has 0 bridgehead atoms. The van der Waals surface area contributed by atoms with E-state index in [4.69, 9.17) is 5.73 Å². The fraction of sp³-hybridized carbons (Fsp3) is 0.267. The zero-order valence-corrected chi connectivity index (χ0v) is 13.6. The molecule has 3 rings (SSSR count). The second-order valence-corrected chi connectivity index (χ2v) is 6.98. The lowest BCUT2D eigenvalue weighted by Gasteiger charge is -2.02. The van der Waals surface area contributed by atoms with Crippen molar-refractivity contribution < 1.29 is 0 Å². The van der Waals surface area contributed by atoms with Crippen molar-refractivity contribution >= 4 is 38.3 Å². The van der Waals surface area contributed by atoms with Crippen LogP contribution >= 0.6 is 27.3 Å². The van der Waals surface area contributed by atoms with Crippen molar-refractivity contribution in [3.63, 3.8) is 0 Å². The van der Waals surface area contributed by atoms with Crippen molar-refractivity contribution in [2.45, 2.75) is 25.9 Å². The van der Waals surface area contributed by atoms with E-state index in [2.05, 4.69) is 49.2 Å². The molecule has 0 fully saturated rings. The van der Waals surface area contributed by atoms with Crippen LogP contribution in [0, 0.1) is 0 Å². The minimum absolute atomic E-state index is 0.158. The molecule has 0 radical (unpaired) electrons. The maximum atomic E-state index is 5.95. The van der Waals surface area contributed by atoms with Gasteiger partial charge in [0.2, 0.25) is 0 Å². The van der Waals surface area contributed by atoms with Crippen LogP contribution in [-0.2, 0) is 13.0 Å². The molecule has 1 atom stereocenters. The van der Waals surface area contributed by atoms with Gasteiger partial charge in [-0.1, -0.05) is 0 Å². The number of rotatable bonds is 4. The quantitative estimate of drug-likeness (QED) is 0.778. The summed E-state index contributed by atoms with van der Waals surface area (Å²) in [6.45, 7) is 2.89. The fourth-order valence-electron chi connectivity index (χ4n) is 2.43. The number of nitrogens with zero attached hydrogens (tertiary/aromatic N) is 2. The van der Waals surface area contributed by atoms with E-state index in [-0.39, 0.29) is 6.04 Å². The molecule has 5 heteroatoms.